The predicted molar refractivity (Wildman–Crippen MR) is 93.5 cm³/mol. The highest BCUT2D eigenvalue weighted by Gasteiger charge is 2.08. The van der Waals surface area contributed by atoms with E-state index in [1.807, 2.05) is 42.3 Å². The Morgan fingerprint density at radius 3 is 2.35 bits per heavy atom. The summed E-state index contributed by atoms with van der Waals surface area (Å²) < 4.78 is 0. The average Bonchev–Trinajstić information content (AvgIpc) is 2.54. The third-order valence-corrected chi connectivity index (χ3v) is 3.51. The molecule has 1 aromatic heterocycles. The van der Waals surface area contributed by atoms with Crippen LogP contribution >= 0.6 is 0 Å². The lowest BCUT2D eigenvalue weighted by Gasteiger charge is -2.18. The Morgan fingerprint density at radius 1 is 0.957 bits per heavy atom. The van der Waals surface area contributed by atoms with Gasteiger partial charge in [-0.05, 0) is 49.2 Å². The molecule has 2 aromatic carbocycles. The van der Waals surface area contributed by atoms with Crippen LogP contribution in [0.5, 0.6) is 0 Å². The SMILES string of the molecule is Cc1cc(C)cc(Nc2nncc(N(C)c3ccccc3)n2)c1. The number of benzene rings is 2. The van der Waals surface area contributed by atoms with Crippen molar-refractivity contribution >= 4 is 23.1 Å². The summed E-state index contributed by atoms with van der Waals surface area (Å²) in [7, 11) is 1.96. The maximum atomic E-state index is 4.54. The summed E-state index contributed by atoms with van der Waals surface area (Å²) in [6, 6.07) is 16.3. The number of anilines is 4. The Bertz CT molecular complexity index is 781. The zero-order valence-electron chi connectivity index (χ0n) is 13.5. The molecule has 0 fully saturated rings. The molecule has 23 heavy (non-hydrogen) atoms. The van der Waals surface area contributed by atoms with Crippen molar-refractivity contribution in [3.8, 4) is 0 Å². The molecule has 0 saturated heterocycles. The molecule has 5 heteroatoms. The van der Waals surface area contributed by atoms with E-state index >= 15 is 0 Å². The smallest absolute Gasteiger partial charge is 0.249 e. The van der Waals surface area contributed by atoms with E-state index in [0.717, 1.165) is 17.2 Å². The van der Waals surface area contributed by atoms with Crippen molar-refractivity contribution in [2.24, 2.45) is 0 Å². The third kappa shape index (κ3) is 3.63. The van der Waals surface area contributed by atoms with Crippen molar-refractivity contribution in [2.45, 2.75) is 13.8 Å². The number of aryl methyl sites for hydroxylation is 2. The number of hydrogen-bond donors (Lipinski definition) is 1. The van der Waals surface area contributed by atoms with Gasteiger partial charge in [-0.15, -0.1) is 5.10 Å². The second kappa shape index (κ2) is 6.44. The van der Waals surface area contributed by atoms with Crippen LogP contribution in [0, 0.1) is 13.8 Å². The molecular formula is C18H19N5. The molecule has 0 bridgehead atoms. The first-order valence-corrected chi connectivity index (χ1v) is 7.45. The molecule has 3 rings (SSSR count). The van der Waals surface area contributed by atoms with Crippen LogP contribution in [0.3, 0.4) is 0 Å². The van der Waals surface area contributed by atoms with Crippen molar-refractivity contribution in [1.82, 2.24) is 15.2 Å². The molecule has 0 unspecified atom stereocenters. The Labute approximate surface area is 136 Å². The minimum Gasteiger partial charge on any atom is -0.328 e. The number of para-hydroxylation sites is 1. The van der Waals surface area contributed by atoms with Gasteiger partial charge in [0.25, 0.3) is 0 Å². The molecule has 0 atom stereocenters. The van der Waals surface area contributed by atoms with Gasteiger partial charge in [0.1, 0.15) is 0 Å². The highest BCUT2D eigenvalue weighted by Crippen LogP contribution is 2.22. The summed E-state index contributed by atoms with van der Waals surface area (Å²) in [5.74, 6) is 1.22. The molecule has 116 valence electrons. The standard InChI is InChI=1S/C18H19N5/c1-13-9-14(2)11-15(10-13)20-18-21-17(12-19-22-18)23(3)16-7-5-4-6-8-16/h4-12H,1-3H3,(H,20,21,22). The Hall–Kier alpha value is -2.95. The molecule has 3 aromatic rings. The number of aromatic nitrogens is 3. The molecule has 0 aliphatic carbocycles. The van der Waals surface area contributed by atoms with Gasteiger partial charge in [-0.1, -0.05) is 24.3 Å². The maximum absolute atomic E-state index is 4.54. The average molecular weight is 305 g/mol. The molecule has 5 nitrogen and oxygen atoms in total. The van der Waals surface area contributed by atoms with Gasteiger partial charge in [-0.25, -0.2) is 0 Å². The van der Waals surface area contributed by atoms with Crippen LogP contribution < -0.4 is 10.2 Å². The van der Waals surface area contributed by atoms with E-state index in [2.05, 4.69) is 52.5 Å². The lowest BCUT2D eigenvalue weighted by molar-refractivity contribution is 0.957. The Kier molecular flexibility index (Phi) is 4.19. The Balaban J connectivity index is 1.85. The topological polar surface area (TPSA) is 53.9 Å². The number of nitrogens with one attached hydrogen (secondary N) is 1. The van der Waals surface area contributed by atoms with E-state index in [0.29, 0.717) is 5.95 Å². The summed E-state index contributed by atoms with van der Waals surface area (Å²) in [5.41, 5.74) is 4.39. The van der Waals surface area contributed by atoms with Crippen molar-refractivity contribution in [3.05, 3.63) is 65.9 Å². The maximum Gasteiger partial charge on any atom is 0.249 e. The third-order valence-electron chi connectivity index (χ3n) is 3.51. The lowest BCUT2D eigenvalue weighted by atomic mass is 10.1. The van der Waals surface area contributed by atoms with Crippen molar-refractivity contribution in [2.75, 3.05) is 17.3 Å². The first-order chi connectivity index (χ1) is 11.1. The number of hydrogen-bond acceptors (Lipinski definition) is 5. The predicted octanol–water partition coefficient (Wildman–Crippen LogP) is 4.00. The van der Waals surface area contributed by atoms with Crippen LogP contribution in [0.4, 0.5) is 23.1 Å². The molecule has 0 aliphatic heterocycles. The highest BCUT2D eigenvalue weighted by atomic mass is 15.3. The number of nitrogens with zero attached hydrogens (tertiary/aromatic N) is 4. The number of rotatable bonds is 4. The Morgan fingerprint density at radius 2 is 1.65 bits per heavy atom. The van der Waals surface area contributed by atoms with E-state index in [1.165, 1.54) is 11.1 Å². The van der Waals surface area contributed by atoms with Crippen LogP contribution in [0.15, 0.2) is 54.7 Å². The van der Waals surface area contributed by atoms with Gasteiger partial charge in [0.05, 0.1) is 6.20 Å². The van der Waals surface area contributed by atoms with E-state index in [-0.39, 0.29) is 0 Å². The minimum atomic E-state index is 0.482. The molecule has 1 heterocycles. The van der Waals surface area contributed by atoms with Crippen LogP contribution in [-0.4, -0.2) is 22.2 Å². The molecule has 0 aliphatic rings. The second-order valence-corrected chi connectivity index (χ2v) is 5.53. The summed E-state index contributed by atoms with van der Waals surface area (Å²) in [6.45, 7) is 4.13. The second-order valence-electron chi connectivity index (χ2n) is 5.53. The van der Waals surface area contributed by atoms with Crippen LogP contribution in [0.25, 0.3) is 0 Å². The lowest BCUT2D eigenvalue weighted by Crippen LogP contribution is -2.13. The van der Waals surface area contributed by atoms with E-state index in [9.17, 15) is 0 Å². The fraction of sp³-hybridized carbons (Fsp3) is 0.167. The largest absolute Gasteiger partial charge is 0.328 e. The van der Waals surface area contributed by atoms with Gasteiger partial charge >= 0.3 is 0 Å². The van der Waals surface area contributed by atoms with Crippen molar-refractivity contribution in [1.29, 1.82) is 0 Å². The summed E-state index contributed by atoms with van der Waals surface area (Å²) in [5, 5.41) is 11.3. The zero-order valence-corrected chi connectivity index (χ0v) is 13.5. The zero-order chi connectivity index (χ0) is 16.2. The molecule has 0 spiro atoms. The van der Waals surface area contributed by atoms with Crippen molar-refractivity contribution in [3.63, 3.8) is 0 Å². The monoisotopic (exact) mass is 305 g/mol. The first kappa shape index (κ1) is 15.0. The van der Waals surface area contributed by atoms with Gasteiger partial charge in [-0.3, -0.25) is 0 Å². The van der Waals surface area contributed by atoms with Gasteiger partial charge < -0.3 is 10.2 Å². The quantitative estimate of drug-likeness (QED) is 0.789. The van der Waals surface area contributed by atoms with Crippen LogP contribution in [0.1, 0.15) is 11.1 Å². The summed E-state index contributed by atoms with van der Waals surface area (Å²) in [4.78, 5) is 6.52. The summed E-state index contributed by atoms with van der Waals surface area (Å²) in [6.07, 6.45) is 1.65. The fourth-order valence-corrected chi connectivity index (χ4v) is 2.47. The van der Waals surface area contributed by atoms with Gasteiger partial charge in [0.15, 0.2) is 5.82 Å². The van der Waals surface area contributed by atoms with Gasteiger partial charge in [-0.2, -0.15) is 10.1 Å². The minimum absolute atomic E-state index is 0.482. The molecule has 1 N–H and O–H groups in total. The molecular weight excluding hydrogens is 286 g/mol. The van der Waals surface area contributed by atoms with Crippen LogP contribution in [-0.2, 0) is 0 Å². The first-order valence-electron chi connectivity index (χ1n) is 7.45. The van der Waals surface area contributed by atoms with E-state index < -0.39 is 0 Å². The normalized spacial score (nSPS) is 10.4. The molecule has 0 saturated carbocycles. The molecule has 0 radical (unpaired) electrons. The van der Waals surface area contributed by atoms with E-state index in [4.69, 9.17) is 0 Å². The molecule has 0 amide bonds. The van der Waals surface area contributed by atoms with E-state index in [1.54, 1.807) is 6.20 Å². The highest BCUT2D eigenvalue weighted by molar-refractivity contribution is 5.61. The van der Waals surface area contributed by atoms with Crippen molar-refractivity contribution < 1.29 is 0 Å². The van der Waals surface area contributed by atoms with Crippen LogP contribution in [0.2, 0.25) is 0 Å². The summed E-state index contributed by atoms with van der Waals surface area (Å²) >= 11 is 0. The van der Waals surface area contributed by atoms with Gasteiger partial charge in [0, 0.05) is 18.4 Å². The van der Waals surface area contributed by atoms with Gasteiger partial charge in [0.2, 0.25) is 5.95 Å². The fourth-order valence-electron chi connectivity index (χ4n) is 2.47.